The standard InChI is InChI=1S/C21H40O6/c1-5-10-18(16(7-3)14-22)26-20(24)12-9-13-21(25)27-19(11-6-2)17(8-4)15-23/h16-19,22-23H,5-15H2,1-4H3. The van der Waals surface area contributed by atoms with Gasteiger partial charge in [-0.15, -0.1) is 0 Å². The number of hydrogen-bond donors (Lipinski definition) is 2. The quantitative estimate of drug-likeness (QED) is 0.392. The Morgan fingerprint density at radius 3 is 1.37 bits per heavy atom. The number of hydrogen-bond acceptors (Lipinski definition) is 6. The summed E-state index contributed by atoms with van der Waals surface area (Å²) in [6, 6.07) is 0. The molecule has 160 valence electrons. The molecule has 0 radical (unpaired) electrons. The molecule has 0 aromatic heterocycles. The molecule has 0 fully saturated rings. The summed E-state index contributed by atoms with van der Waals surface area (Å²) in [6.07, 6.45) is 4.87. The second kappa shape index (κ2) is 15.9. The molecule has 0 amide bonds. The molecule has 0 aromatic carbocycles. The molecule has 27 heavy (non-hydrogen) atoms. The van der Waals surface area contributed by atoms with Gasteiger partial charge in [-0.2, -0.15) is 0 Å². The maximum Gasteiger partial charge on any atom is 0.306 e. The van der Waals surface area contributed by atoms with E-state index in [1.165, 1.54) is 0 Å². The Hall–Kier alpha value is -1.14. The largest absolute Gasteiger partial charge is 0.462 e. The highest BCUT2D eigenvalue weighted by molar-refractivity contribution is 5.72. The molecule has 4 atom stereocenters. The van der Waals surface area contributed by atoms with Gasteiger partial charge in [0.15, 0.2) is 0 Å². The zero-order chi connectivity index (χ0) is 20.7. The summed E-state index contributed by atoms with van der Waals surface area (Å²) in [6.45, 7) is 7.98. The van der Waals surface area contributed by atoms with Gasteiger partial charge in [-0.25, -0.2) is 0 Å². The molecule has 0 bridgehead atoms. The fourth-order valence-corrected chi connectivity index (χ4v) is 3.20. The monoisotopic (exact) mass is 388 g/mol. The van der Waals surface area contributed by atoms with Crippen LogP contribution in [0.5, 0.6) is 0 Å². The summed E-state index contributed by atoms with van der Waals surface area (Å²) in [5.41, 5.74) is 0. The van der Waals surface area contributed by atoms with Crippen LogP contribution in [-0.2, 0) is 19.1 Å². The smallest absolute Gasteiger partial charge is 0.306 e. The number of aliphatic hydroxyl groups excluding tert-OH is 2. The Labute approximate surface area is 164 Å². The average molecular weight is 389 g/mol. The van der Waals surface area contributed by atoms with Gasteiger partial charge in [-0.3, -0.25) is 9.59 Å². The predicted octanol–water partition coefficient (Wildman–Crippen LogP) is 3.62. The van der Waals surface area contributed by atoms with Crippen LogP contribution >= 0.6 is 0 Å². The number of rotatable bonds is 16. The maximum absolute atomic E-state index is 12.1. The first-order chi connectivity index (χ1) is 13.0. The third-order valence-electron chi connectivity index (χ3n) is 5.04. The van der Waals surface area contributed by atoms with Crippen molar-refractivity contribution in [3.05, 3.63) is 0 Å². The van der Waals surface area contributed by atoms with E-state index in [9.17, 15) is 19.8 Å². The molecular weight excluding hydrogens is 348 g/mol. The first-order valence-corrected chi connectivity index (χ1v) is 10.6. The lowest BCUT2D eigenvalue weighted by atomic mass is 9.96. The molecule has 2 N–H and O–H groups in total. The third kappa shape index (κ3) is 10.7. The van der Waals surface area contributed by atoms with Crippen LogP contribution in [0.25, 0.3) is 0 Å². The highest BCUT2D eigenvalue weighted by Crippen LogP contribution is 2.20. The van der Waals surface area contributed by atoms with Crippen LogP contribution in [0, 0.1) is 11.8 Å². The van der Waals surface area contributed by atoms with Gasteiger partial charge in [0.05, 0.1) is 0 Å². The first-order valence-electron chi connectivity index (χ1n) is 10.6. The number of ether oxygens (including phenoxy) is 2. The molecule has 0 aromatic rings. The number of aliphatic hydroxyl groups is 2. The summed E-state index contributed by atoms with van der Waals surface area (Å²) in [5.74, 6) is -0.753. The summed E-state index contributed by atoms with van der Waals surface area (Å²) < 4.78 is 11.1. The van der Waals surface area contributed by atoms with Gasteiger partial charge < -0.3 is 19.7 Å². The second-order valence-electron chi connectivity index (χ2n) is 7.19. The number of esters is 2. The topological polar surface area (TPSA) is 93.1 Å². The van der Waals surface area contributed by atoms with Crippen molar-refractivity contribution in [2.24, 2.45) is 11.8 Å². The van der Waals surface area contributed by atoms with Gasteiger partial charge in [0.1, 0.15) is 12.2 Å². The highest BCUT2D eigenvalue weighted by atomic mass is 16.5. The SMILES string of the molecule is CCCC(OC(=O)CCCC(=O)OC(CCC)C(CC)CO)C(CC)CO. The van der Waals surface area contributed by atoms with Crippen molar-refractivity contribution in [2.75, 3.05) is 13.2 Å². The van der Waals surface area contributed by atoms with Gasteiger partial charge in [0, 0.05) is 37.9 Å². The lowest BCUT2D eigenvalue weighted by Gasteiger charge is -2.25. The zero-order valence-electron chi connectivity index (χ0n) is 17.6. The Balaban J connectivity index is 4.38. The molecule has 0 aliphatic heterocycles. The van der Waals surface area contributed by atoms with Crippen LogP contribution in [0.15, 0.2) is 0 Å². The molecule has 6 nitrogen and oxygen atoms in total. The molecule has 0 aliphatic rings. The van der Waals surface area contributed by atoms with Gasteiger partial charge in [-0.05, 0) is 32.1 Å². The van der Waals surface area contributed by atoms with Gasteiger partial charge in [0.2, 0.25) is 0 Å². The van der Waals surface area contributed by atoms with Crippen LogP contribution < -0.4 is 0 Å². The van der Waals surface area contributed by atoms with Gasteiger partial charge in [-0.1, -0.05) is 40.5 Å². The van der Waals surface area contributed by atoms with E-state index < -0.39 is 0 Å². The van der Waals surface area contributed by atoms with Gasteiger partial charge >= 0.3 is 11.9 Å². The fourth-order valence-electron chi connectivity index (χ4n) is 3.20. The molecule has 0 saturated carbocycles. The zero-order valence-corrected chi connectivity index (χ0v) is 17.6. The number of carbonyl (C=O) groups is 2. The van der Waals surface area contributed by atoms with E-state index in [-0.39, 0.29) is 62.0 Å². The third-order valence-corrected chi connectivity index (χ3v) is 5.04. The van der Waals surface area contributed by atoms with E-state index in [2.05, 4.69) is 0 Å². The van der Waals surface area contributed by atoms with Crippen molar-refractivity contribution in [1.82, 2.24) is 0 Å². The molecule has 6 heteroatoms. The highest BCUT2D eigenvalue weighted by Gasteiger charge is 2.24. The minimum atomic E-state index is -0.333. The van der Waals surface area contributed by atoms with Crippen molar-refractivity contribution in [1.29, 1.82) is 0 Å². The van der Waals surface area contributed by atoms with Crippen LogP contribution in [0.4, 0.5) is 0 Å². The molecule has 0 aliphatic carbocycles. The fraction of sp³-hybridized carbons (Fsp3) is 0.905. The normalized spacial score (nSPS) is 15.6. The summed E-state index contributed by atoms with van der Waals surface area (Å²) in [7, 11) is 0. The minimum Gasteiger partial charge on any atom is -0.462 e. The van der Waals surface area contributed by atoms with E-state index >= 15 is 0 Å². The molecule has 0 spiro atoms. The summed E-state index contributed by atoms with van der Waals surface area (Å²) >= 11 is 0. The maximum atomic E-state index is 12.1. The van der Waals surface area contributed by atoms with Crippen molar-refractivity contribution in [2.45, 2.75) is 97.7 Å². The first kappa shape index (κ1) is 25.9. The average Bonchev–Trinajstić information content (AvgIpc) is 2.64. The summed E-state index contributed by atoms with van der Waals surface area (Å²) in [5, 5.41) is 18.9. The lowest BCUT2D eigenvalue weighted by molar-refractivity contribution is -0.155. The van der Waals surface area contributed by atoms with Crippen molar-refractivity contribution in [3.8, 4) is 0 Å². The van der Waals surface area contributed by atoms with Crippen LogP contribution in [-0.4, -0.2) is 47.6 Å². The van der Waals surface area contributed by atoms with Crippen molar-refractivity contribution < 1.29 is 29.3 Å². The van der Waals surface area contributed by atoms with Crippen LogP contribution in [0.3, 0.4) is 0 Å². The molecular formula is C21H40O6. The Morgan fingerprint density at radius 2 is 1.11 bits per heavy atom. The lowest BCUT2D eigenvalue weighted by Crippen LogP contribution is -2.30. The Bertz CT molecular complexity index is 354. The second-order valence-corrected chi connectivity index (χ2v) is 7.19. The van der Waals surface area contributed by atoms with E-state index in [0.717, 1.165) is 38.5 Å². The van der Waals surface area contributed by atoms with Crippen LogP contribution in [0.2, 0.25) is 0 Å². The van der Waals surface area contributed by atoms with E-state index in [0.29, 0.717) is 6.42 Å². The Kier molecular flexibility index (Phi) is 15.2. The van der Waals surface area contributed by atoms with E-state index in [4.69, 9.17) is 9.47 Å². The van der Waals surface area contributed by atoms with Gasteiger partial charge in [0.25, 0.3) is 0 Å². The Morgan fingerprint density at radius 1 is 0.741 bits per heavy atom. The van der Waals surface area contributed by atoms with Crippen LogP contribution in [0.1, 0.15) is 85.5 Å². The molecule has 0 heterocycles. The number of carbonyl (C=O) groups excluding carboxylic acids is 2. The minimum absolute atomic E-state index is 0.00302. The van der Waals surface area contributed by atoms with Crippen molar-refractivity contribution in [3.63, 3.8) is 0 Å². The van der Waals surface area contributed by atoms with Crippen molar-refractivity contribution >= 4 is 11.9 Å². The predicted molar refractivity (Wildman–Crippen MR) is 105 cm³/mol. The molecule has 4 unspecified atom stereocenters. The van der Waals surface area contributed by atoms with E-state index in [1.807, 2.05) is 27.7 Å². The molecule has 0 saturated heterocycles. The molecule has 0 rings (SSSR count). The summed E-state index contributed by atoms with van der Waals surface area (Å²) in [4.78, 5) is 24.2. The van der Waals surface area contributed by atoms with E-state index in [1.54, 1.807) is 0 Å².